The summed E-state index contributed by atoms with van der Waals surface area (Å²) < 4.78 is 30.0. The number of hydrogen-bond donors (Lipinski definition) is 1. The van der Waals surface area contributed by atoms with Crippen LogP contribution in [0.3, 0.4) is 0 Å². The van der Waals surface area contributed by atoms with E-state index in [9.17, 15) is 18.3 Å². The van der Waals surface area contributed by atoms with Gasteiger partial charge in [-0.1, -0.05) is 80.6 Å². The van der Waals surface area contributed by atoms with Crippen molar-refractivity contribution in [1.82, 2.24) is 4.31 Å². The number of unbranched alkanes of at least 4 members (excludes halogenated alkanes) is 3. The van der Waals surface area contributed by atoms with Gasteiger partial charge in [0.1, 0.15) is 0 Å². The molecule has 8 heteroatoms. The van der Waals surface area contributed by atoms with Gasteiger partial charge in [0, 0.05) is 22.1 Å². The quantitative estimate of drug-likeness (QED) is 0.241. The highest BCUT2D eigenvalue weighted by Gasteiger charge is 2.57. The maximum absolute atomic E-state index is 14.3. The first-order chi connectivity index (χ1) is 16.7. The van der Waals surface area contributed by atoms with Crippen LogP contribution in [0.2, 0.25) is 5.02 Å². The first-order valence-electron chi connectivity index (χ1n) is 12.0. The standard InChI is InChI=1S/C27H34ClNO4S2/c1-4-6-7-8-12-22-26(34-18-5-2)24(27(30)31)25(20-14-16-21(28)17-15-20)29(22)35(32,33)23-13-10-9-11-19(23)3/h5,9-11,13-17,22,24-26H,2,4,6-8,12,18H2,1,3H3,(H,30,31)/t22?,24-,25?,26+/m0/s1. The Kier molecular flexibility index (Phi) is 9.87. The van der Waals surface area contributed by atoms with Crippen LogP contribution in [0, 0.1) is 12.8 Å². The molecule has 1 aliphatic rings. The Bertz CT molecular complexity index is 1120. The van der Waals surface area contributed by atoms with Gasteiger partial charge in [-0.15, -0.1) is 6.58 Å². The van der Waals surface area contributed by atoms with E-state index >= 15 is 0 Å². The van der Waals surface area contributed by atoms with Gasteiger partial charge in [-0.05, 0) is 42.7 Å². The molecule has 1 saturated heterocycles. The van der Waals surface area contributed by atoms with Crippen molar-refractivity contribution in [1.29, 1.82) is 0 Å². The summed E-state index contributed by atoms with van der Waals surface area (Å²) in [6.07, 6.45) is 6.29. The number of carbonyl (C=O) groups is 1. The molecule has 0 bridgehead atoms. The predicted octanol–water partition coefficient (Wildman–Crippen LogP) is 6.72. The number of halogens is 1. The molecular weight excluding hydrogens is 502 g/mol. The highest BCUT2D eigenvalue weighted by atomic mass is 35.5. The zero-order chi connectivity index (χ0) is 25.6. The minimum absolute atomic E-state index is 0.219. The van der Waals surface area contributed by atoms with Crippen molar-refractivity contribution >= 4 is 39.4 Å². The minimum atomic E-state index is -4.00. The number of aliphatic carboxylic acids is 1. The molecule has 0 spiro atoms. The van der Waals surface area contributed by atoms with E-state index in [2.05, 4.69) is 13.5 Å². The summed E-state index contributed by atoms with van der Waals surface area (Å²) in [5, 5.41) is 10.5. The van der Waals surface area contributed by atoms with Crippen molar-refractivity contribution in [3.05, 3.63) is 77.3 Å². The second kappa shape index (κ2) is 12.4. The molecule has 1 N–H and O–H groups in total. The summed E-state index contributed by atoms with van der Waals surface area (Å²) >= 11 is 7.60. The van der Waals surface area contributed by atoms with Crippen molar-refractivity contribution in [2.24, 2.45) is 5.92 Å². The summed E-state index contributed by atoms with van der Waals surface area (Å²) in [6.45, 7) is 7.70. The van der Waals surface area contributed by atoms with Crippen LogP contribution in [0.5, 0.6) is 0 Å². The number of sulfonamides is 1. The number of carboxylic acids is 1. The second-order valence-electron chi connectivity index (χ2n) is 8.96. The fourth-order valence-corrected chi connectivity index (χ4v) is 8.59. The van der Waals surface area contributed by atoms with Gasteiger partial charge in [-0.25, -0.2) is 8.42 Å². The lowest BCUT2D eigenvalue weighted by molar-refractivity contribution is -0.142. The highest BCUT2D eigenvalue weighted by molar-refractivity contribution is 8.00. The smallest absolute Gasteiger partial charge is 0.309 e. The molecule has 35 heavy (non-hydrogen) atoms. The molecule has 0 saturated carbocycles. The SMILES string of the molecule is C=CCS[C@@H]1C(CCCCCC)N(S(=O)(=O)c2ccccc2C)C(c2ccc(Cl)cc2)[C@@H]1C(=O)O. The zero-order valence-corrected chi connectivity index (χ0v) is 22.7. The van der Waals surface area contributed by atoms with E-state index in [1.54, 1.807) is 61.5 Å². The van der Waals surface area contributed by atoms with Gasteiger partial charge in [0.15, 0.2) is 0 Å². The fraction of sp³-hybridized carbons (Fsp3) is 0.444. The zero-order valence-electron chi connectivity index (χ0n) is 20.3. The van der Waals surface area contributed by atoms with Crippen LogP contribution in [0.25, 0.3) is 0 Å². The first-order valence-corrected chi connectivity index (χ1v) is 14.9. The molecule has 2 aromatic carbocycles. The largest absolute Gasteiger partial charge is 0.481 e. The predicted molar refractivity (Wildman–Crippen MR) is 145 cm³/mol. The molecule has 0 aliphatic carbocycles. The lowest BCUT2D eigenvalue weighted by Gasteiger charge is -2.31. The molecule has 1 fully saturated rings. The molecule has 4 atom stereocenters. The first kappa shape index (κ1) is 27.8. The second-order valence-corrected chi connectivity index (χ2v) is 12.4. The maximum atomic E-state index is 14.3. The Morgan fingerprint density at radius 2 is 1.83 bits per heavy atom. The van der Waals surface area contributed by atoms with Gasteiger partial charge in [0.05, 0.1) is 16.9 Å². The molecule has 190 valence electrons. The van der Waals surface area contributed by atoms with E-state index in [1.807, 2.05) is 0 Å². The van der Waals surface area contributed by atoms with E-state index in [1.165, 1.54) is 16.1 Å². The lowest BCUT2D eigenvalue weighted by Crippen LogP contribution is -2.40. The highest BCUT2D eigenvalue weighted by Crippen LogP contribution is 2.50. The van der Waals surface area contributed by atoms with E-state index in [0.717, 1.165) is 25.7 Å². The molecule has 2 aromatic rings. The number of hydrogen-bond acceptors (Lipinski definition) is 4. The van der Waals surface area contributed by atoms with Gasteiger partial charge < -0.3 is 5.11 Å². The van der Waals surface area contributed by atoms with Gasteiger partial charge >= 0.3 is 5.97 Å². The molecule has 0 aromatic heterocycles. The number of nitrogens with zero attached hydrogens (tertiary/aromatic N) is 1. The number of rotatable bonds is 12. The van der Waals surface area contributed by atoms with Crippen LogP contribution in [0.1, 0.15) is 56.2 Å². The molecule has 5 nitrogen and oxygen atoms in total. The molecular formula is C27H34ClNO4S2. The van der Waals surface area contributed by atoms with Crippen LogP contribution in [-0.4, -0.2) is 40.8 Å². The number of thioether (sulfide) groups is 1. The van der Waals surface area contributed by atoms with Gasteiger partial charge in [-0.2, -0.15) is 16.1 Å². The van der Waals surface area contributed by atoms with Crippen molar-refractivity contribution in [3.63, 3.8) is 0 Å². The van der Waals surface area contributed by atoms with Crippen molar-refractivity contribution < 1.29 is 18.3 Å². The van der Waals surface area contributed by atoms with Crippen LogP contribution in [-0.2, 0) is 14.8 Å². The Morgan fingerprint density at radius 1 is 1.14 bits per heavy atom. The van der Waals surface area contributed by atoms with E-state index in [-0.39, 0.29) is 4.90 Å². The topological polar surface area (TPSA) is 74.7 Å². The molecule has 3 rings (SSSR count). The molecule has 1 heterocycles. The Balaban J connectivity index is 2.21. The summed E-state index contributed by atoms with van der Waals surface area (Å²) in [5.74, 6) is -1.35. The van der Waals surface area contributed by atoms with Crippen molar-refractivity contribution in [2.75, 3.05) is 5.75 Å². The normalized spacial score (nSPS) is 22.8. The Hall–Kier alpha value is -1.80. The number of benzene rings is 2. The maximum Gasteiger partial charge on any atom is 0.309 e. The van der Waals surface area contributed by atoms with E-state index in [0.29, 0.717) is 28.3 Å². The molecule has 1 aliphatic heterocycles. The average Bonchev–Trinajstić information content (AvgIpc) is 3.16. The number of carboxylic acid groups (broad SMARTS) is 1. The molecule has 0 amide bonds. The third kappa shape index (κ3) is 6.13. The fourth-order valence-electron chi connectivity index (χ4n) is 4.97. The third-order valence-corrected chi connectivity index (χ3v) is 10.3. The van der Waals surface area contributed by atoms with Gasteiger partial charge in [-0.3, -0.25) is 4.79 Å². The van der Waals surface area contributed by atoms with Crippen molar-refractivity contribution in [3.8, 4) is 0 Å². The summed E-state index contributed by atoms with van der Waals surface area (Å²) in [6, 6.07) is 12.5. The van der Waals surface area contributed by atoms with Crippen LogP contribution < -0.4 is 0 Å². The summed E-state index contributed by atoms with van der Waals surface area (Å²) in [4.78, 5) is 13.0. The monoisotopic (exact) mass is 535 g/mol. The Morgan fingerprint density at radius 3 is 2.43 bits per heavy atom. The van der Waals surface area contributed by atoms with E-state index < -0.39 is 39.2 Å². The summed E-state index contributed by atoms with van der Waals surface area (Å²) in [5.41, 5.74) is 1.28. The van der Waals surface area contributed by atoms with Gasteiger partial charge in [0.2, 0.25) is 10.0 Å². The Labute approximate surface area is 218 Å². The third-order valence-electron chi connectivity index (χ3n) is 6.58. The number of aryl methyl sites for hydroxylation is 1. The summed E-state index contributed by atoms with van der Waals surface area (Å²) in [7, 11) is -4.00. The molecule has 2 unspecified atom stereocenters. The van der Waals surface area contributed by atoms with Crippen LogP contribution >= 0.6 is 23.4 Å². The van der Waals surface area contributed by atoms with Crippen molar-refractivity contribution in [2.45, 2.75) is 68.2 Å². The minimum Gasteiger partial charge on any atom is -0.481 e. The van der Waals surface area contributed by atoms with E-state index in [4.69, 9.17) is 11.6 Å². The van der Waals surface area contributed by atoms with Crippen LogP contribution in [0.4, 0.5) is 0 Å². The molecule has 0 radical (unpaired) electrons. The van der Waals surface area contributed by atoms with Gasteiger partial charge in [0.25, 0.3) is 0 Å². The lowest BCUT2D eigenvalue weighted by atomic mass is 9.92. The van der Waals surface area contributed by atoms with Crippen LogP contribution in [0.15, 0.2) is 66.1 Å². The average molecular weight is 536 g/mol.